The quantitative estimate of drug-likeness (QED) is 0.725. The Morgan fingerprint density at radius 2 is 1.72 bits per heavy atom. The fourth-order valence-electron chi connectivity index (χ4n) is 2.29. The Kier molecular flexibility index (Phi) is 5.31. The van der Waals surface area contributed by atoms with Gasteiger partial charge in [-0.3, -0.25) is 9.78 Å². The Balaban J connectivity index is 1.54. The molecule has 25 heavy (non-hydrogen) atoms. The number of hydrogen-bond acceptors (Lipinski definition) is 5. The van der Waals surface area contributed by atoms with Crippen LogP contribution in [0.4, 0.5) is 5.95 Å². The van der Waals surface area contributed by atoms with E-state index in [1.54, 1.807) is 6.20 Å². The van der Waals surface area contributed by atoms with Crippen molar-refractivity contribution in [2.75, 3.05) is 5.32 Å². The number of benzene rings is 1. The number of nitrogens with zero attached hydrogens (tertiary/aromatic N) is 3. The Bertz CT molecular complexity index is 834. The first kappa shape index (κ1) is 16.6. The lowest BCUT2D eigenvalue weighted by molar-refractivity contribution is 0.0950. The maximum atomic E-state index is 12.2. The average molecular weight is 333 g/mol. The molecule has 2 aromatic heterocycles. The molecule has 0 aliphatic carbocycles. The molecule has 6 heteroatoms. The molecule has 3 aromatic rings. The molecular formula is C19H19N5O. The van der Waals surface area contributed by atoms with Gasteiger partial charge in [-0.05, 0) is 30.2 Å². The van der Waals surface area contributed by atoms with Gasteiger partial charge < -0.3 is 10.6 Å². The van der Waals surface area contributed by atoms with Gasteiger partial charge in [-0.2, -0.15) is 0 Å². The molecule has 0 radical (unpaired) electrons. The number of hydrogen-bond donors (Lipinski definition) is 2. The summed E-state index contributed by atoms with van der Waals surface area (Å²) in [6, 6.07) is 13.7. The van der Waals surface area contributed by atoms with Crippen LogP contribution in [0.1, 0.15) is 27.2 Å². The van der Waals surface area contributed by atoms with E-state index in [-0.39, 0.29) is 5.91 Å². The molecule has 2 heterocycles. The highest BCUT2D eigenvalue weighted by molar-refractivity contribution is 5.93. The lowest BCUT2D eigenvalue weighted by atomic mass is 10.1. The summed E-state index contributed by atoms with van der Waals surface area (Å²) in [5.41, 5.74) is 3.56. The van der Waals surface area contributed by atoms with Gasteiger partial charge in [0.1, 0.15) is 0 Å². The molecule has 3 rings (SSSR count). The number of amides is 1. The second kappa shape index (κ2) is 8.01. The van der Waals surface area contributed by atoms with E-state index >= 15 is 0 Å². The van der Waals surface area contributed by atoms with Gasteiger partial charge in [0.2, 0.25) is 5.95 Å². The van der Waals surface area contributed by atoms with Gasteiger partial charge in [0.05, 0.1) is 17.8 Å². The molecule has 2 N–H and O–H groups in total. The van der Waals surface area contributed by atoms with Crippen molar-refractivity contribution in [3.8, 4) is 0 Å². The van der Waals surface area contributed by atoms with E-state index in [1.165, 1.54) is 12.4 Å². The first-order valence-electron chi connectivity index (χ1n) is 8.01. The Morgan fingerprint density at radius 3 is 2.44 bits per heavy atom. The molecule has 0 saturated carbocycles. The molecule has 0 aliphatic heterocycles. The summed E-state index contributed by atoms with van der Waals surface area (Å²) < 4.78 is 0. The third-order valence-electron chi connectivity index (χ3n) is 3.77. The van der Waals surface area contributed by atoms with Gasteiger partial charge in [0, 0.05) is 25.1 Å². The standard InChI is InChI=1S/C19H19N5O/c1-14-6-2-3-7-15(14)10-21-18(25)16-11-22-19(23-12-16)24-13-17-8-4-5-9-20-17/h2-9,11-12H,10,13H2,1H3,(H,21,25)(H,22,23,24). The summed E-state index contributed by atoms with van der Waals surface area (Å²) in [7, 11) is 0. The third-order valence-corrected chi connectivity index (χ3v) is 3.77. The van der Waals surface area contributed by atoms with Crippen LogP contribution in [0.5, 0.6) is 0 Å². The van der Waals surface area contributed by atoms with E-state index in [4.69, 9.17) is 0 Å². The predicted octanol–water partition coefficient (Wildman–Crippen LogP) is 2.72. The lowest BCUT2D eigenvalue weighted by Gasteiger charge is -2.08. The zero-order valence-corrected chi connectivity index (χ0v) is 13.9. The second-order valence-corrected chi connectivity index (χ2v) is 5.58. The number of carbonyl (C=O) groups is 1. The summed E-state index contributed by atoms with van der Waals surface area (Å²) >= 11 is 0. The van der Waals surface area contributed by atoms with Crippen LogP contribution in [0.3, 0.4) is 0 Å². The third kappa shape index (κ3) is 4.60. The number of anilines is 1. The van der Waals surface area contributed by atoms with Crippen molar-refractivity contribution in [1.82, 2.24) is 20.3 Å². The van der Waals surface area contributed by atoms with Crippen molar-refractivity contribution >= 4 is 11.9 Å². The fourth-order valence-corrected chi connectivity index (χ4v) is 2.29. The highest BCUT2D eigenvalue weighted by Crippen LogP contribution is 2.07. The van der Waals surface area contributed by atoms with Crippen LogP contribution < -0.4 is 10.6 Å². The Morgan fingerprint density at radius 1 is 0.960 bits per heavy atom. The van der Waals surface area contributed by atoms with Crippen LogP contribution in [-0.2, 0) is 13.1 Å². The molecular weight excluding hydrogens is 314 g/mol. The number of rotatable bonds is 6. The highest BCUT2D eigenvalue weighted by Gasteiger charge is 2.08. The number of carbonyl (C=O) groups excluding carboxylic acids is 1. The number of nitrogens with one attached hydrogen (secondary N) is 2. The van der Waals surface area contributed by atoms with Gasteiger partial charge in [-0.25, -0.2) is 9.97 Å². The minimum absolute atomic E-state index is 0.195. The van der Waals surface area contributed by atoms with Gasteiger partial charge in [0.15, 0.2) is 0 Å². The van der Waals surface area contributed by atoms with Crippen molar-refractivity contribution in [2.45, 2.75) is 20.0 Å². The van der Waals surface area contributed by atoms with E-state index in [0.717, 1.165) is 16.8 Å². The maximum absolute atomic E-state index is 12.2. The first-order chi connectivity index (χ1) is 12.2. The molecule has 6 nitrogen and oxygen atoms in total. The topological polar surface area (TPSA) is 79.8 Å². The summed E-state index contributed by atoms with van der Waals surface area (Å²) in [6.45, 7) is 3.03. The van der Waals surface area contributed by atoms with Crippen LogP contribution >= 0.6 is 0 Å². The molecule has 1 amide bonds. The van der Waals surface area contributed by atoms with Gasteiger partial charge in [-0.1, -0.05) is 30.3 Å². The van der Waals surface area contributed by atoms with E-state index in [2.05, 4.69) is 25.6 Å². The second-order valence-electron chi connectivity index (χ2n) is 5.58. The number of pyridine rings is 1. The van der Waals surface area contributed by atoms with E-state index < -0.39 is 0 Å². The van der Waals surface area contributed by atoms with Gasteiger partial charge in [-0.15, -0.1) is 0 Å². The fraction of sp³-hybridized carbons (Fsp3) is 0.158. The monoisotopic (exact) mass is 333 g/mol. The molecule has 0 aliphatic rings. The van der Waals surface area contributed by atoms with Crippen LogP contribution in [0.25, 0.3) is 0 Å². The zero-order valence-electron chi connectivity index (χ0n) is 13.9. The van der Waals surface area contributed by atoms with E-state index in [1.807, 2.05) is 49.4 Å². The van der Waals surface area contributed by atoms with Crippen LogP contribution in [0.2, 0.25) is 0 Å². The Labute approximate surface area is 146 Å². The Hall–Kier alpha value is -3.28. The van der Waals surface area contributed by atoms with Crippen molar-refractivity contribution in [1.29, 1.82) is 0 Å². The normalized spacial score (nSPS) is 10.3. The summed E-state index contributed by atoms with van der Waals surface area (Å²) in [4.78, 5) is 24.8. The van der Waals surface area contributed by atoms with E-state index in [9.17, 15) is 4.79 Å². The molecule has 0 atom stereocenters. The number of aromatic nitrogens is 3. The molecule has 126 valence electrons. The summed E-state index contributed by atoms with van der Waals surface area (Å²) in [5.74, 6) is 0.264. The van der Waals surface area contributed by atoms with Crippen LogP contribution in [-0.4, -0.2) is 20.9 Å². The molecule has 0 bridgehead atoms. The van der Waals surface area contributed by atoms with E-state index in [0.29, 0.717) is 24.6 Å². The van der Waals surface area contributed by atoms with Crippen molar-refractivity contribution in [3.05, 3.63) is 83.4 Å². The zero-order chi connectivity index (χ0) is 17.5. The maximum Gasteiger partial charge on any atom is 0.254 e. The van der Waals surface area contributed by atoms with Crippen molar-refractivity contribution in [3.63, 3.8) is 0 Å². The highest BCUT2D eigenvalue weighted by atomic mass is 16.1. The molecule has 1 aromatic carbocycles. The lowest BCUT2D eigenvalue weighted by Crippen LogP contribution is -2.23. The molecule has 0 unspecified atom stereocenters. The van der Waals surface area contributed by atoms with Gasteiger partial charge >= 0.3 is 0 Å². The number of aryl methyl sites for hydroxylation is 1. The van der Waals surface area contributed by atoms with Crippen LogP contribution in [0.15, 0.2) is 61.1 Å². The summed E-state index contributed by atoms with van der Waals surface area (Å²) in [6.07, 6.45) is 4.77. The predicted molar refractivity (Wildman–Crippen MR) is 95.9 cm³/mol. The smallest absolute Gasteiger partial charge is 0.254 e. The molecule has 0 spiro atoms. The molecule has 0 saturated heterocycles. The van der Waals surface area contributed by atoms with Gasteiger partial charge in [0.25, 0.3) is 5.91 Å². The minimum Gasteiger partial charge on any atom is -0.349 e. The van der Waals surface area contributed by atoms with Crippen molar-refractivity contribution < 1.29 is 4.79 Å². The average Bonchev–Trinajstić information content (AvgIpc) is 2.67. The summed E-state index contributed by atoms with van der Waals surface area (Å²) in [5, 5.41) is 5.96. The van der Waals surface area contributed by atoms with Crippen molar-refractivity contribution in [2.24, 2.45) is 0 Å². The first-order valence-corrected chi connectivity index (χ1v) is 8.01. The SMILES string of the molecule is Cc1ccccc1CNC(=O)c1cnc(NCc2ccccn2)nc1. The largest absolute Gasteiger partial charge is 0.349 e. The minimum atomic E-state index is -0.195. The molecule has 0 fully saturated rings. The van der Waals surface area contributed by atoms with Crippen LogP contribution in [0, 0.1) is 6.92 Å².